The number of nitrogens with one attached hydrogen (secondary N) is 1. The van der Waals surface area contributed by atoms with E-state index in [1.807, 2.05) is 6.07 Å². The van der Waals surface area contributed by atoms with Gasteiger partial charge < -0.3 is 9.15 Å². The van der Waals surface area contributed by atoms with Gasteiger partial charge in [-0.1, -0.05) is 22.0 Å². The number of furan rings is 1. The first-order valence-electron chi connectivity index (χ1n) is 6.16. The Balaban J connectivity index is 2.37. The summed E-state index contributed by atoms with van der Waals surface area (Å²) in [5.41, 5.74) is 0.328. The number of anilines is 1. The van der Waals surface area contributed by atoms with Crippen LogP contribution in [0.25, 0.3) is 0 Å². The number of rotatable bonds is 3. The van der Waals surface area contributed by atoms with Crippen molar-refractivity contribution >= 4 is 33.7 Å². The number of carbonyl (C=O) groups excluding carboxylic acids is 2. The highest BCUT2D eigenvalue weighted by atomic mass is 79.9. The topological polar surface area (TPSA) is 92.3 Å². The number of halogens is 1. The Labute approximate surface area is 134 Å². The van der Waals surface area contributed by atoms with Crippen LogP contribution in [0.3, 0.4) is 0 Å². The van der Waals surface area contributed by atoms with E-state index in [1.54, 1.807) is 24.3 Å². The molecule has 1 N–H and O–H groups in total. The molecular weight excluding hydrogens is 352 g/mol. The van der Waals surface area contributed by atoms with Crippen molar-refractivity contribution in [2.24, 2.45) is 0 Å². The van der Waals surface area contributed by atoms with Crippen LogP contribution in [0.5, 0.6) is 0 Å². The first kappa shape index (κ1) is 15.8. The molecule has 0 bridgehead atoms. The molecule has 0 aliphatic heterocycles. The number of methoxy groups -OCH3 is 1. The van der Waals surface area contributed by atoms with E-state index in [-0.39, 0.29) is 22.8 Å². The molecule has 1 aromatic carbocycles. The van der Waals surface area contributed by atoms with Gasteiger partial charge in [-0.15, -0.1) is 0 Å². The molecule has 112 valence electrons. The molecule has 0 unspecified atom stereocenters. The van der Waals surface area contributed by atoms with Crippen molar-refractivity contribution < 1.29 is 18.7 Å². The molecule has 0 fully saturated rings. The van der Waals surface area contributed by atoms with Crippen LogP contribution in [0.1, 0.15) is 32.0 Å². The third-order valence-electron chi connectivity index (χ3n) is 2.90. The first-order valence-corrected chi connectivity index (χ1v) is 6.96. The van der Waals surface area contributed by atoms with Crippen molar-refractivity contribution in [3.05, 3.63) is 51.2 Å². The van der Waals surface area contributed by atoms with Crippen LogP contribution in [-0.4, -0.2) is 19.0 Å². The maximum absolute atomic E-state index is 12.2. The molecule has 1 aromatic heterocycles. The summed E-state index contributed by atoms with van der Waals surface area (Å²) in [7, 11) is 1.20. The average molecular weight is 363 g/mol. The molecule has 22 heavy (non-hydrogen) atoms. The van der Waals surface area contributed by atoms with E-state index in [2.05, 4.69) is 26.0 Å². The minimum Gasteiger partial charge on any atom is -0.465 e. The molecule has 0 spiro atoms. The maximum Gasteiger partial charge on any atom is 0.342 e. The van der Waals surface area contributed by atoms with Gasteiger partial charge in [0.25, 0.3) is 5.91 Å². The van der Waals surface area contributed by atoms with E-state index in [4.69, 9.17) is 4.42 Å². The van der Waals surface area contributed by atoms with Crippen LogP contribution in [0.2, 0.25) is 0 Å². The van der Waals surface area contributed by atoms with Gasteiger partial charge in [-0.25, -0.2) is 4.79 Å². The fraction of sp³-hybridized carbons (Fsp3) is 0.133. The van der Waals surface area contributed by atoms with Crippen molar-refractivity contribution in [2.75, 3.05) is 12.4 Å². The normalized spacial score (nSPS) is 9.91. The number of esters is 1. The molecule has 2 aromatic rings. The number of hydrogen-bond donors (Lipinski definition) is 1. The van der Waals surface area contributed by atoms with Gasteiger partial charge in [-0.2, -0.15) is 5.26 Å². The van der Waals surface area contributed by atoms with Gasteiger partial charge in [0.15, 0.2) is 0 Å². The SMILES string of the molecule is COC(=O)c1c(C)oc(NC(=O)c2cccc(Br)c2)c1C#N. The summed E-state index contributed by atoms with van der Waals surface area (Å²) in [5, 5.41) is 11.7. The second-order valence-corrected chi connectivity index (χ2v) is 5.22. The standard InChI is InChI=1S/C15H11BrN2O4/c1-8-12(15(20)21-2)11(7-17)14(22-8)18-13(19)9-4-3-5-10(16)6-9/h3-6H,1-2H3,(H,18,19). The third-order valence-corrected chi connectivity index (χ3v) is 3.39. The summed E-state index contributed by atoms with van der Waals surface area (Å²) >= 11 is 3.27. The molecule has 7 heteroatoms. The smallest absolute Gasteiger partial charge is 0.342 e. The highest BCUT2D eigenvalue weighted by molar-refractivity contribution is 9.10. The molecule has 0 atom stereocenters. The van der Waals surface area contributed by atoms with E-state index < -0.39 is 11.9 Å². The van der Waals surface area contributed by atoms with Gasteiger partial charge >= 0.3 is 5.97 Å². The number of nitrogens with zero attached hydrogens (tertiary/aromatic N) is 1. The zero-order valence-electron chi connectivity index (χ0n) is 11.8. The number of benzene rings is 1. The quantitative estimate of drug-likeness (QED) is 0.845. The van der Waals surface area contributed by atoms with Gasteiger partial charge in [-0.3, -0.25) is 10.1 Å². The van der Waals surface area contributed by atoms with E-state index in [1.165, 1.54) is 14.0 Å². The molecular formula is C15H11BrN2O4. The summed E-state index contributed by atoms with van der Waals surface area (Å²) in [6, 6.07) is 8.57. The van der Waals surface area contributed by atoms with E-state index >= 15 is 0 Å². The predicted octanol–water partition coefficient (Wildman–Crippen LogP) is 3.26. The Kier molecular flexibility index (Phi) is 4.63. The second-order valence-electron chi connectivity index (χ2n) is 4.31. The molecule has 0 aliphatic carbocycles. The maximum atomic E-state index is 12.2. The molecule has 0 radical (unpaired) electrons. The predicted molar refractivity (Wildman–Crippen MR) is 81.6 cm³/mol. The number of ether oxygens (including phenoxy) is 1. The van der Waals surface area contributed by atoms with Crippen molar-refractivity contribution in [3.63, 3.8) is 0 Å². The average Bonchev–Trinajstić information content (AvgIpc) is 2.81. The molecule has 0 aliphatic rings. The number of hydrogen-bond acceptors (Lipinski definition) is 5. The molecule has 0 saturated carbocycles. The number of nitriles is 1. The molecule has 2 rings (SSSR count). The van der Waals surface area contributed by atoms with Crippen molar-refractivity contribution in [1.82, 2.24) is 0 Å². The van der Waals surface area contributed by atoms with E-state index in [0.29, 0.717) is 5.56 Å². The number of amides is 1. The molecule has 1 heterocycles. The lowest BCUT2D eigenvalue weighted by molar-refractivity contribution is 0.0598. The zero-order chi connectivity index (χ0) is 16.3. The summed E-state index contributed by atoms with van der Waals surface area (Å²) in [5.74, 6) is -1.03. The fourth-order valence-corrected chi connectivity index (χ4v) is 2.29. The number of aryl methyl sites for hydroxylation is 1. The zero-order valence-corrected chi connectivity index (χ0v) is 13.4. The highest BCUT2D eigenvalue weighted by Gasteiger charge is 2.25. The highest BCUT2D eigenvalue weighted by Crippen LogP contribution is 2.27. The van der Waals surface area contributed by atoms with Gasteiger partial charge in [0, 0.05) is 10.0 Å². The first-order chi connectivity index (χ1) is 10.5. The van der Waals surface area contributed by atoms with Gasteiger partial charge in [-0.05, 0) is 25.1 Å². The van der Waals surface area contributed by atoms with Crippen LogP contribution in [0.4, 0.5) is 5.88 Å². The Morgan fingerprint density at radius 2 is 2.14 bits per heavy atom. The largest absolute Gasteiger partial charge is 0.465 e. The van der Waals surface area contributed by atoms with Gasteiger partial charge in [0.2, 0.25) is 5.88 Å². The van der Waals surface area contributed by atoms with Gasteiger partial charge in [0.05, 0.1) is 7.11 Å². The lowest BCUT2D eigenvalue weighted by Gasteiger charge is -2.03. The lowest BCUT2D eigenvalue weighted by Crippen LogP contribution is -2.12. The summed E-state index contributed by atoms with van der Waals surface area (Å²) in [4.78, 5) is 23.9. The summed E-state index contributed by atoms with van der Waals surface area (Å²) in [6.45, 7) is 1.52. The van der Waals surface area contributed by atoms with Crippen LogP contribution in [0, 0.1) is 18.3 Å². The fourth-order valence-electron chi connectivity index (χ4n) is 1.89. The third kappa shape index (κ3) is 3.02. The molecule has 1 amide bonds. The van der Waals surface area contributed by atoms with Gasteiger partial charge in [0.1, 0.15) is 23.0 Å². The van der Waals surface area contributed by atoms with Crippen molar-refractivity contribution in [3.8, 4) is 6.07 Å². The minimum atomic E-state index is -0.694. The van der Waals surface area contributed by atoms with Crippen LogP contribution >= 0.6 is 15.9 Å². The second kappa shape index (κ2) is 6.45. The van der Waals surface area contributed by atoms with E-state index in [0.717, 1.165) is 4.47 Å². The summed E-state index contributed by atoms with van der Waals surface area (Å²) in [6.07, 6.45) is 0. The summed E-state index contributed by atoms with van der Waals surface area (Å²) < 4.78 is 10.7. The van der Waals surface area contributed by atoms with Crippen LogP contribution in [-0.2, 0) is 4.74 Å². The monoisotopic (exact) mass is 362 g/mol. The minimum absolute atomic E-state index is 0.00884. The molecule has 6 nitrogen and oxygen atoms in total. The van der Waals surface area contributed by atoms with E-state index in [9.17, 15) is 14.9 Å². The Morgan fingerprint density at radius 1 is 1.41 bits per heavy atom. The van der Waals surface area contributed by atoms with Crippen molar-refractivity contribution in [2.45, 2.75) is 6.92 Å². The Morgan fingerprint density at radius 3 is 2.73 bits per heavy atom. The van der Waals surface area contributed by atoms with Crippen LogP contribution < -0.4 is 5.32 Å². The Bertz CT molecular complexity index is 789. The molecule has 0 saturated heterocycles. The lowest BCUT2D eigenvalue weighted by atomic mass is 10.1. The van der Waals surface area contributed by atoms with Crippen molar-refractivity contribution in [1.29, 1.82) is 5.26 Å². The number of carbonyl (C=O) groups is 2. The van der Waals surface area contributed by atoms with Crippen LogP contribution in [0.15, 0.2) is 33.2 Å². The Hall–Kier alpha value is -2.59.